The highest BCUT2D eigenvalue weighted by Crippen LogP contribution is 2.74. The minimum atomic E-state index is -1.36. The lowest BCUT2D eigenvalue weighted by Crippen LogP contribution is -2.70. The molecule has 168 valence electrons. The van der Waals surface area contributed by atoms with E-state index in [4.69, 9.17) is 0 Å². The van der Waals surface area contributed by atoms with Crippen molar-refractivity contribution in [1.29, 1.82) is 0 Å². The minimum absolute atomic E-state index is 0.00870. The fourth-order valence-corrected chi connectivity index (χ4v) is 7.24. The van der Waals surface area contributed by atoms with Gasteiger partial charge in [-0.15, -0.1) is 0 Å². The van der Waals surface area contributed by atoms with Crippen LogP contribution in [0, 0.1) is 21.7 Å². The zero-order valence-corrected chi connectivity index (χ0v) is 18.5. The van der Waals surface area contributed by atoms with E-state index < -0.39 is 33.6 Å². The van der Waals surface area contributed by atoms with Crippen molar-refractivity contribution in [3.63, 3.8) is 0 Å². The van der Waals surface area contributed by atoms with Crippen LogP contribution in [-0.2, 0) is 19.2 Å². The molecule has 0 aromatic carbocycles. The summed E-state index contributed by atoms with van der Waals surface area (Å²) < 4.78 is 0. The smallest absolute Gasteiger partial charge is 0.309 e. The van der Waals surface area contributed by atoms with E-state index in [1.54, 1.807) is 9.80 Å². The Bertz CT molecular complexity index is 694. The molecule has 0 aromatic heterocycles. The summed E-state index contributed by atoms with van der Waals surface area (Å²) in [4.78, 5) is 55.7. The normalized spacial score (nSPS) is 36.4. The molecule has 0 aromatic rings. The number of carbonyl (C=O) groups is 4. The van der Waals surface area contributed by atoms with Crippen LogP contribution in [0.5, 0.6) is 0 Å². The van der Waals surface area contributed by atoms with Crippen molar-refractivity contribution in [3.8, 4) is 0 Å². The number of aliphatic carboxylic acids is 2. The first-order chi connectivity index (χ1) is 14.0. The predicted octanol–water partition coefficient (Wildman–Crippen LogP) is 2.22. The highest BCUT2D eigenvalue weighted by atomic mass is 16.4. The molecule has 0 aliphatic heterocycles. The van der Waals surface area contributed by atoms with Gasteiger partial charge in [0.15, 0.2) is 0 Å². The molecular formula is C22H34N2O6. The largest absolute Gasteiger partial charge is 0.481 e. The molecule has 30 heavy (non-hydrogen) atoms. The number of carbonyl (C=O) groups excluding carboxylic acids is 2. The van der Waals surface area contributed by atoms with Crippen molar-refractivity contribution in [2.45, 2.75) is 66.2 Å². The fraction of sp³-hybridized carbons (Fsp3) is 0.818. The predicted molar refractivity (Wildman–Crippen MR) is 109 cm³/mol. The summed E-state index contributed by atoms with van der Waals surface area (Å²) in [5.74, 6) is -2.56. The van der Waals surface area contributed by atoms with Crippen molar-refractivity contribution in [3.05, 3.63) is 0 Å². The van der Waals surface area contributed by atoms with Crippen LogP contribution in [-0.4, -0.2) is 69.9 Å². The fourth-order valence-electron chi connectivity index (χ4n) is 7.24. The maximum Gasteiger partial charge on any atom is 0.309 e. The number of amides is 2. The Morgan fingerprint density at radius 2 is 0.800 bits per heavy atom. The molecule has 4 aliphatic carbocycles. The van der Waals surface area contributed by atoms with Gasteiger partial charge in [-0.05, 0) is 66.2 Å². The van der Waals surface area contributed by atoms with E-state index in [2.05, 4.69) is 0 Å². The van der Waals surface area contributed by atoms with Crippen molar-refractivity contribution < 1.29 is 29.4 Å². The lowest BCUT2D eigenvalue weighted by atomic mass is 9.34. The number of rotatable bonds is 8. The van der Waals surface area contributed by atoms with Crippen LogP contribution < -0.4 is 0 Å². The van der Waals surface area contributed by atoms with Gasteiger partial charge in [-0.25, -0.2) is 0 Å². The molecule has 0 radical (unpaired) electrons. The van der Waals surface area contributed by atoms with Crippen LogP contribution in [0.15, 0.2) is 0 Å². The van der Waals surface area contributed by atoms with E-state index in [1.807, 2.05) is 27.7 Å². The first kappa shape index (κ1) is 22.6. The molecule has 0 unspecified atom stereocenters. The highest BCUT2D eigenvalue weighted by Gasteiger charge is 2.76. The van der Waals surface area contributed by atoms with Crippen LogP contribution in [0.4, 0.5) is 0 Å². The van der Waals surface area contributed by atoms with Crippen LogP contribution in [0.25, 0.3) is 0 Å². The molecule has 0 saturated heterocycles. The summed E-state index contributed by atoms with van der Waals surface area (Å²) in [6.07, 6.45) is 0.708. The second kappa shape index (κ2) is 7.24. The standard InChI is InChI=1S/C22H34N2O6/c1-5-23(6-2)15(25)19-9-20(16(26)24(7-3)8-4)12-21(10-19,17(27)28)14-22(11-19,13-20)18(29)30/h5-14H2,1-4H3,(H,27,28)(H,29,30). The van der Waals surface area contributed by atoms with E-state index in [0.717, 1.165) is 0 Å². The van der Waals surface area contributed by atoms with Gasteiger partial charge >= 0.3 is 11.9 Å². The Morgan fingerprint density at radius 3 is 1.03 bits per heavy atom. The minimum Gasteiger partial charge on any atom is -0.481 e. The van der Waals surface area contributed by atoms with Crippen molar-refractivity contribution >= 4 is 23.8 Å². The van der Waals surface area contributed by atoms with Gasteiger partial charge in [0.05, 0.1) is 21.7 Å². The molecule has 0 spiro atoms. The van der Waals surface area contributed by atoms with Gasteiger partial charge in [0, 0.05) is 26.2 Å². The van der Waals surface area contributed by atoms with Crippen LogP contribution >= 0.6 is 0 Å². The topological polar surface area (TPSA) is 115 Å². The Morgan fingerprint density at radius 1 is 0.567 bits per heavy atom. The van der Waals surface area contributed by atoms with E-state index >= 15 is 0 Å². The summed E-state index contributed by atoms with van der Waals surface area (Å²) in [6.45, 7) is 9.31. The molecule has 8 heteroatoms. The Labute approximate surface area is 177 Å². The zero-order chi connectivity index (χ0) is 22.5. The lowest BCUT2D eigenvalue weighted by Gasteiger charge is -2.67. The van der Waals surface area contributed by atoms with Crippen molar-refractivity contribution in [2.24, 2.45) is 21.7 Å². The molecule has 4 fully saturated rings. The molecule has 4 rings (SSSR count). The number of hydrogen-bond acceptors (Lipinski definition) is 4. The second-order valence-corrected chi connectivity index (χ2v) is 9.75. The van der Waals surface area contributed by atoms with E-state index in [0.29, 0.717) is 26.2 Å². The van der Waals surface area contributed by atoms with Gasteiger partial charge < -0.3 is 20.0 Å². The van der Waals surface area contributed by atoms with Crippen molar-refractivity contribution in [1.82, 2.24) is 9.80 Å². The molecule has 2 N–H and O–H groups in total. The van der Waals surface area contributed by atoms with Gasteiger partial charge in [-0.3, -0.25) is 19.2 Å². The summed E-state index contributed by atoms with van der Waals surface area (Å²) in [5, 5.41) is 20.5. The molecule has 4 aliphatic rings. The number of nitrogens with zero attached hydrogens (tertiary/aromatic N) is 2. The average molecular weight is 423 g/mol. The summed E-state index contributed by atoms with van der Waals surface area (Å²) >= 11 is 0. The quantitative estimate of drug-likeness (QED) is 0.620. The molecule has 8 nitrogen and oxygen atoms in total. The summed E-state index contributed by atoms with van der Waals surface area (Å²) in [6, 6.07) is 0. The Kier molecular flexibility index (Phi) is 5.44. The zero-order valence-electron chi connectivity index (χ0n) is 18.5. The second-order valence-electron chi connectivity index (χ2n) is 9.75. The Balaban J connectivity index is 2.22. The molecular weight excluding hydrogens is 388 g/mol. The van der Waals surface area contributed by atoms with Gasteiger partial charge in [0.25, 0.3) is 0 Å². The third-order valence-corrected chi connectivity index (χ3v) is 7.98. The average Bonchev–Trinajstić information content (AvgIpc) is 2.68. The maximum absolute atomic E-state index is 13.7. The molecule has 0 atom stereocenters. The monoisotopic (exact) mass is 422 g/mol. The first-order valence-electron chi connectivity index (χ1n) is 11.0. The van der Waals surface area contributed by atoms with Crippen LogP contribution in [0.2, 0.25) is 0 Å². The third-order valence-electron chi connectivity index (χ3n) is 7.98. The molecule has 4 saturated carbocycles. The van der Waals surface area contributed by atoms with Crippen LogP contribution in [0.3, 0.4) is 0 Å². The van der Waals surface area contributed by atoms with E-state index in [-0.39, 0.29) is 50.3 Å². The SMILES string of the molecule is CCN(CC)C(=O)C12CC3(C(=O)O)CC(C(=O)O)(C1)CC(C(=O)N(CC)CC)(C3)C2. The van der Waals surface area contributed by atoms with Crippen LogP contribution in [0.1, 0.15) is 66.2 Å². The van der Waals surface area contributed by atoms with E-state index in [1.165, 1.54) is 0 Å². The van der Waals surface area contributed by atoms with Gasteiger partial charge in [0.2, 0.25) is 11.8 Å². The number of carboxylic acid groups (broad SMARTS) is 2. The molecule has 4 bridgehead atoms. The lowest BCUT2D eigenvalue weighted by molar-refractivity contribution is -0.225. The third kappa shape index (κ3) is 2.94. The van der Waals surface area contributed by atoms with Gasteiger partial charge in [-0.2, -0.15) is 0 Å². The summed E-state index contributed by atoms with van der Waals surface area (Å²) in [5.41, 5.74) is -4.97. The molecule has 2 amide bonds. The Hall–Kier alpha value is -2.12. The number of carboxylic acids is 2. The summed E-state index contributed by atoms with van der Waals surface area (Å²) in [7, 11) is 0. The number of hydrogen-bond donors (Lipinski definition) is 2. The first-order valence-corrected chi connectivity index (χ1v) is 11.0. The molecule has 0 heterocycles. The maximum atomic E-state index is 13.7. The van der Waals surface area contributed by atoms with Gasteiger partial charge in [0.1, 0.15) is 0 Å². The highest BCUT2D eigenvalue weighted by molar-refractivity contribution is 5.94. The van der Waals surface area contributed by atoms with E-state index in [9.17, 15) is 29.4 Å². The van der Waals surface area contributed by atoms with Gasteiger partial charge in [-0.1, -0.05) is 0 Å². The van der Waals surface area contributed by atoms with Crippen molar-refractivity contribution in [2.75, 3.05) is 26.2 Å².